The molecule has 4 N–H and O–H groups in total. The molecule has 0 radical (unpaired) electrons. The average Bonchev–Trinajstić information content (AvgIpc) is 2.60. The molecular formula is C14H20N2O2. The molecule has 4 nitrogen and oxygen atoms in total. The zero-order chi connectivity index (χ0) is 13.3. The van der Waals surface area contributed by atoms with Crippen molar-refractivity contribution in [2.45, 2.75) is 39.2 Å². The van der Waals surface area contributed by atoms with Crippen molar-refractivity contribution in [1.29, 1.82) is 0 Å². The summed E-state index contributed by atoms with van der Waals surface area (Å²) in [6.45, 7) is 4.49. The number of rotatable bonds is 3. The summed E-state index contributed by atoms with van der Waals surface area (Å²) in [6, 6.07) is 5.50. The van der Waals surface area contributed by atoms with Crippen LogP contribution < -0.4 is 11.1 Å². The first-order valence-corrected chi connectivity index (χ1v) is 6.29. The third-order valence-electron chi connectivity index (χ3n) is 3.88. The molecule has 0 spiro atoms. The number of carboxylic acid groups (broad SMARTS) is 1. The van der Waals surface area contributed by atoms with E-state index in [0.29, 0.717) is 11.7 Å². The minimum absolute atomic E-state index is 0.163. The van der Waals surface area contributed by atoms with Crippen LogP contribution in [0.15, 0.2) is 18.2 Å². The van der Waals surface area contributed by atoms with Gasteiger partial charge < -0.3 is 16.2 Å². The van der Waals surface area contributed by atoms with Gasteiger partial charge in [-0.1, -0.05) is 20.3 Å². The maximum absolute atomic E-state index is 11.0. The van der Waals surface area contributed by atoms with Crippen LogP contribution in [0.5, 0.6) is 0 Å². The molecule has 0 saturated heterocycles. The van der Waals surface area contributed by atoms with Crippen LogP contribution in [0, 0.1) is 5.41 Å². The smallest absolute Gasteiger partial charge is 0.337 e. The lowest BCUT2D eigenvalue weighted by atomic mass is 9.87. The van der Waals surface area contributed by atoms with E-state index in [9.17, 15) is 4.79 Å². The highest BCUT2D eigenvalue weighted by atomic mass is 16.4. The number of carbonyl (C=O) groups is 1. The molecular weight excluding hydrogens is 228 g/mol. The van der Waals surface area contributed by atoms with Gasteiger partial charge in [0.15, 0.2) is 0 Å². The molecule has 98 valence electrons. The van der Waals surface area contributed by atoms with Crippen LogP contribution in [0.4, 0.5) is 11.4 Å². The molecule has 1 aliphatic carbocycles. The summed E-state index contributed by atoms with van der Waals surface area (Å²) < 4.78 is 0. The summed E-state index contributed by atoms with van der Waals surface area (Å²) in [5, 5.41) is 12.5. The van der Waals surface area contributed by atoms with Gasteiger partial charge in [-0.2, -0.15) is 0 Å². The van der Waals surface area contributed by atoms with Gasteiger partial charge in [0.05, 0.1) is 5.56 Å². The number of hydrogen-bond acceptors (Lipinski definition) is 3. The van der Waals surface area contributed by atoms with Crippen molar-refractivity contribution in [3.63, 3.8) is 0 Å². The van der Waals surface area contributed by atoms with Gasteiger partial charge in [0.1, 0.15) is 0 Å². The van der Waals surface area contributed by atoms with E-state index in [1.54, 1.807) is 12.1 Å². The highest BCUT2D eigenvalue weighted by Gasteiger charge is 2.34. The fourth-order valence-electron chi connectivity index (χ4n) is 2.63. The molecule has 1 unspecified atom stereocenters. The molecule has 0 heterocycles. The van der Waals surface area contributed by atoms with Crippen molar-refractivity contribution in [2.24, 2.45) is 5.41 Å². The van der Waals surface area contributed by atoms with Crippen molar-refractivity contribution >= 4 is 17.3 Å². The number of carboxylic acids is 1. The third kappa shape index (κ3) is 2.42. The monoisotopic (exact) mass is 248 g/mol. The van der Waals surface area contributed by atoms with Crippen molar-refractivity contribution in [2.75, 3.05) is 11.1 Å². The molecule has 1 saturated carbocycles. The number of nitrogens with one attached hydrogen (secondary N) is 1. The lowest BCUT2D eigenvalue weighted by molar-refractivity contribution is 0.0698. The highest BCUT2D eigenvalue weighted by molar-refractivity contribution is 5.94. The summed E-state index contributed by atoms with van der Waals surface area (Å²) in [4.78, 5) is 11.0. The first-order valence-electron chi connectivity index (χ1n) is 6.29. The number of benzene rings is 1. The van der Waals surface area contributed by atoms with Gasteiger partial charge in [-0.3, -0.25) is 0 Å². The van der Waals surface area contributed by atoms with Crippen molar-refractivity contribution in [1.82, 2.24) is 0 Å². The summed E-state index contributed by atoms with van der Waals surface area (Å²) in [5.41, 5.74) is 7.20. The summed E-state index contributed by atoms with van der Waals surface area (Å²) in [7, 11) is 0. The zero-order valence-electron chi connectivity index (χ0n) is 10.9. The number of aromatic carboxylic acids is 1. The Hall–Kier alpha value is -1.71. The lowest BCUT2D eigenvalue weighted by Crippen LogP contribution is -2.30. The van der Waals surface area contributed by atoms with Crippen LogP contribution in [0.2, 0.25) is 0 Å². The van der Waals surface area contributed by atoms with Gasteiger partial charge in [0.2, 0.25) is 0 Å². The predicted octanol–water partition coefficient (Wildman–Crippen LogP) is 2.96. The molecule has 2 rings (SSSR count). The van der Waals surface area contributed by atoms with Gasteiger partial charge in [0, 0.05) is 17.4 Å². The first kappa shape index (κ1) is 12.7. The van der Waals surface area contributed by atoms with E-state index in [-0.39, 0.29) is 11.0 Å². The molecule has 1 aliphatic rings. The van der Waals surface area contributed by atoms with Gasteiger partial charge in [-0.25, -0.2) is 4.79 Å². The standard InChI is InChI=1S/C14H20N2O2/c1-14(2)7-3-4-12(14)16-9-5-6-11(15)10(8-9)13(17)18/h5-6,8,12,16H,3-4,7,15H2,1-2H3,(H,17,18). The van der Waals surface area contributed by atoms with E-state index in [1.807, 2.05) is 6.07 Å². The Bertz CT molecular complexity index is 469. The van der Waals surface area contributed by atoms with E-state index in [0.717, 1.165) is 12.1 Å². The number of hydrogen-bond donors (Lipinski definition) is 3. The molecule has 0 amide bonds. The van der Waals surface area contributed by atoms with Gasteiger partial charge in [-0.15, -0.1) is 0 Å². The summed E-state index contributed by atoms with van der Waals surface area (Å²) in [5.74, 6) is -0.984. The van der Waals surface area contributed by atoms with Crippen LogP contribution in [-0.4, -0.2) is 17.1 Å². The molecule has 18 heavy (non-hydrogen) atoms. The Morgan fingerprint density at radius 3 is 2.78 bits per heavy atom. The molecule has 0 aromatic heterocycles. The predicted molar refractivity (Wildman–Crippen MR) is 72.9 cm³/mol. The second-order valence-electron chi connectivity index (χ2n) is 5.68. The van der Waals surface area contributed by atoms with Crippen LogP contribution in [0.1, 0.15) is 43.5 Å². The molecule has 0 aliphatic heterocycles. The largest absolute Gasteiger partial charge is 0.478 e. The van der Waals surface area contributed by atoms with Crippen LogP contribution in [0.25, 0.3) is 0 Å². The van der Waals surface area contributed by atoms with Gasteiger partial charge >= 0.3 is 5.97 Å². The summed E-state index contributed by atoms with van der Waals surface area (Å²) in [6.07, 6.45) is 3.54. The first-order chi connectivity index (χ1) is 8.40. The quantitative estimate of drug-likeness (QED) is 0.719. The van der Waals surface area contributed by atoms with E-state index >= 15 is 0 Å². The molecule has 1 aromatic carbocycles. The molecule has 1 aromatic rings. The topological polar surface area (TPSA) is 75.3 Å². The van der Waals surface area contributed by atoms with Crippen LogP contribution >= 0.6 is 0 Å². The van der Waals surface area contributed by atoms with E-state index in [1.165, 1.54) is 12.8 Å². The van der Waals surface area contributed by atoms with E-state index in [4.69, 9.17) is 10.8 Å². The van der Waals surface area contributed by atoms with E-state index in [2.05, 4.69) is 19.2 Å². The maximum Gasteiger partial charge on any atom is 0.337 e. The normalized spacial score (nSPS) is 21.8. The van der Waals surface area contributed by atoms with Crippen LogP contribution in [-0.2, 0) is 0 Å². The van der Waals surface area contributed by atoms with Crippen molar-refractivity contribution < 1.29 is 9.90 Å². The Morgan fingerprint density at radius 1 is 1.50 bits per heavy atom. The minimum Gasteiger partial charge on any atom is -0.478 e. The van der Waals surface area contributed by atoms with Gasteiger partial charge in [-0.05, 0) is 36.5 Å². The Kier molecular flexibility index (Phi) is 3.20. The van der Waals surface area contributed by atoms with Crippen LogP contribution in [0.3, 0.4) is 0 Å². The SMILES string of the molecule is CC1(C)CCCC1Nc1ccc(N)c(C(=O)O)c1. The number of anilines is 2. The number of nitrogen functional groups attached to an aromatic ring is 1. The maximum atomic E-state index is 11.0. The Labute approximate surface area is 107 Å². The minimum atomic E-state index is -0.984. The molecule has 1 atom stereocenters. The van der Waals surface area contributed by atoms with Crippen molar-refractivity contribution in [3.8, 4) is 0 Å². The molecule has 1 fully saturated rings. The second-order valence-corrected chi connectivity index (χ2v) is 5.68. The average molecular weight is 248 g/mol. The van der Waals surface area contributed by atoms with Gasteiger partial charge in [0.25, 0.3) is 0 Å². The van der Waals surface area contributed by atoms with E-state index < -0.39 is 5.97 Å². The Balaban J connectivity index is 2.20. The highest BCUT2D eigenvalue weighted by Crippen LogP contribution is 2.39. The fourth-order valence-corrected chi connectivity index (χ4v) is 2.63. The zero-order valence-corrected chi connectivity index (χ0v) is 10.9. The molecule has 0 bridgehead atoms. The Morgan fingerprint density at radius 2 is 2.22 bits per heavy atom. The van der Waals surface area contributed by atoms with Crippen molar-refractivity contribution in [3.05, 3.63) is 23.8 Å². The molecule has 4 heteroatoms. The summed E-state index contributed by atoms with van der Waals surface area (Å²) >= 11 is 0. The fraction of sp³-hybridized carbons (Fsp3) is 0.500. The second kappa shape index (κ2) is 4.52. The lowest BCUT2D eigenvalue weighted by Gasteiger charge is -2.28. The third-order valence-corrected chi connectivity index (χ3v) is 3.88. The number of nitrogens with two attached hydrogens (primary N) is 1.